The third-order valence-electron chi connectivity index (χ3n) is 1.58. The van der Waals surface area contributed by atoms with Crippen molar-refractivity contribution in [1.29, 1.82) is 0 Å². The van der Waals surface area contributed by atoms with E-state index in [-0.39, 0.29) is 12.1 Å². The van der Waals surface area contributed by atoms with Gasteiger partial charge in [0.2, 0.25) is 0 Å². The van der Waals surface area contributed by atoms with Gasteiger partial charge in [-0.25, -0.2) is 4.39 Å². The van der Waals surface area contributed by atoms with E-state index in [0.717, 1.165) is 0 Å². The summed E-state index contributed by atoms with van der Waals surface area (Å²) >= 11 is 0. The van der Waals surface area contributed by atoms with Crippen LogP contribution in [0, 0.1) is 5.82 Å². The minimum absolute atomic E-state index is 0.148. The zero-order valence-electron chi connectivity index (χ0n) is 6.76. The molecule has 0 saturated carbocycles. The van der Waals surface area contributed by atoms with Crippen molar-refractivity contribution in [3.63, 3.8) is 0 Å². The number of hydrogen-bond acceptors (Lipinski definition) is 2. The average molecular weight is 181 g/mol. The summed E-state index contributed by atoms with van der Waals surface area (Å²) in [7, 11) is 0. The van der Waals surface area contributed by atoms with E-state index in [1.54, 1.807) is 6.07 Å². The summed E-state index contributed by atoms with van der Waals surface area (Å²) in [4.78, 5) is 2.47. The van der Waals surface area contributed by atoms with Crippen LogP contribution in [0.3, 0.4) is 0 Å². The van der Waals surface area contributed by atoms with Crippen LogP contribution in [-0.2, 0) is 0 Å². The van der Waals surface area contributed by atoms with Crippen LogP contribution >= 0.6 is 0 Å². The second kappa shape index (κ2) is 4.45. The monoisotopic (exact) mass is 181 g/mol. The summed E-state index contributed by atoms with van der Waals surface area (Å²) in [5.41, 5.74) is 8.13. The first kappa shape index (κ1) is 9.51. The molecule has 0 aliphatic heterocycles. The van der Waals surface area contributed by atoms with Crippen LogP contribution in [0.1, 0.15) is 11.7 Å². The molecular weight excluding hydrogens is 173 g/mol. The Bertz CT molecular complexity index is 336. The van der Waals surface area contributed by atoms with Gasteiger partial charge < -0.3 is 5.11 Å². The summed E-state index contributed by atoms with van der Waals surface area (Å²) in [6.45, 7) is -0.155. The summed E-state index contributed by atoms with van der Waals surface area (Å²) in [5, 5.41) is 12.5. The Kier molecular flexibility index (Phi) is 3.25. The zero-order valence-corrected chi connectivity index (χ0v) is 6.76. The van der Waals surface area contributed by atoms with Crippen LogP contribution < -0.4 is 0 Å². The second-order valence-corrected chi connectivity index (χ2v) is 2.45. The largest absolute Gasteiger partial charge is 0.388 e. The first-order valence-electron chi connectivity index (χ1n) is 3.69. The van der Waals surface area contributed by atoms with Gasteiger partial charge in [-0.2, -0.15) is 0 Å². The molecule has 68 valence electrons. The molecule has 1 atom stereocenters. The highest BCUT2D eigenvalue weighted by Gasteiger charge is 2.10. The lowest BCUT2D eigenvalue weighted by atomic mass is 10.1. The minimum Gasteiger partial charge on any atom is -0.388 e. The van der Waals surface area contributed by atoms with Gasteiger partial charge in [0.05, 0.1) is 12.6 Å². The minimum atomic E-state index is -1.07. The van der Waals surface area contributed by atoms with Gasteiger partial charge >= 0.3 is 0 Å². The summed E-state index contributed by atoms with van der Waals surface area (Å²) in [5.74, 6) is -0.497. The molecule has 0 radical (unpaired) electrons. The first-order chi connectivity index (χ1) is 6.25. The number of rotatable bonds is 3. The number of halogens is 1. The molecule has 0 aromatic heterocycles. The maximum Gasteiger partial charge on any atom is 0.128 e. The Morgan fingerprint density at radius 2 is 2.23 bits per heavy atom. The van der Waals surface area contributed by atoms with Crippen molar-refractivity contribution in [2.75, 3.05) is 6.54 Å². The predicted molar refractivity (Wildman–Crippen MR) is 45.4 cm³/mol. The van der Waals surface area contributed by atoms with Crippen LogP contribution in [0.2, 0.25) is 0 Å². The van der Waals surface area contributed by atoms with Crippen LogP contribution in [0.5, 0.6) is 0 Å². The highest BCUT2D eigenvalue weighted by Crippen LogP contribution is 2.16. The third-order valence-corrected chi connectivity index (χ3v) is 1.58. The Morgan fingerprint density at radius 3 is 2.85 bits per heavy atom. The fourth-order valence-electron chi connectivity index (χ4n) is 0.958. The van der Waals surface area contributed by atoms with Crippen molar-refractivity contribution in [3.8, 4) is 0 Å². The van der Waals surface area contributed by atoms with Crippen molar-refractivity contribution in [3.05, 3.63) is 46.1 Å². The van der Waals surface area contributed by atoms with E-state index < -0.39 is 11.9 Å². The molecule has 0 fully saturated rings. The number of hydrogen-bond donors (Lipinski definition) is 1. The molecule has 13 heavy (non-hydrogen) atoms. The van der Waals surface area contributed by atoms with Crippen molar-refractivity contribution >= 4 is 0 Å². The number of aliphatic hydroxyl groups is 1. The lowest BCUT2D eigenvalue weighted by Gasteiger charge is -2.07. The number of aliphatic hydroxyl groups excluding tert-OH is 1. The van der Waals surface area contributed by atoms with Gasteiger partial charge in [-0.05, 0) is 11.6 Å². The molecule has 1 unspecified atom stereocenters. The zero-order chi connectivity index (χ0) is 9.68. The van der Waals surface area contributed by atoms with Gasteiger partial charge in [0.1, 0.15) is 5.82 Å². The molecule has 5 heteroatoms. The second-order valence-electron chi connectivity index (χ2n) is 2.45. The van der Waals surface area contributed by atoms with Gasteiger partial charge in [-0.1, -0.05) is 23.3 Å². The molecule has 0 spiro atoms. The summed E-state index contributed by atoms with van der Waals surface area (Å²) < 4.78 is 13.0. The summed E-state index contributed by atoms with van der Waals surface area (Å²) in [6.07, 6.45) is -1.07. The molecule has 0 saturated heterocycles. The van der Waals surface area contributed by atoms with Crippen LogP contribution in [0.4, 0.5) is 4.39 Å². The van der Waals surface area contributed by atoms with Crippen LogP contribution in [-0.4, -0.2) is 11.7 Å². The smallest absolute Gasteiger partial charge is 0.128 e. The van der Waals surface area contributed by atoms with Crippen molar-refractivity contribution in [1.82, 2.24) is 0 Å². The Hall–Kier alpha value is -1.58. The van der Waals surface area contributed by atoms with Crippen LogP contribution in [0.15, 0.2) is 29.4 Å². The van der Waals surface area contributed by atoms with Gasteiger partial charge in [-0.3, -0.25) is 0 Å². The van der Waals surface area contributed by atoms with E-state index in [0.29, 0.717) is 0 Å². The number of nitrogens with zero attached hydrogens (tertiary/aromatic N) is 3. The Morgan fingerprint density at radius 1 is 1.54 bits per heavy atom. The van der Waals surface area contributed by atoms with E-state index in [2.05, 4.69) is 10.0 Å². The SMILES string of the molecule is [N-]=[N+]=NCC(O)c1ccccc1F. The molecule has 0 aliphatic rings. The third kappa shape index (κ3) is 2.43. The van der Waals surface area contributed by atoms with E-state index in [1.807, 2.05) is 0 Å². The van der Waals surface area contributed by atoms with Crippen LogP contribution in [0.25, 0.3) is 10.4 Å². The Balaban J connectivity index is 2.81. The maximum absolute atomic E-state index is 13.0. The maximum atomic E-state index is 13.0. The van der Waals surface area contributed by atoms with Gasteiger partial charge in [0.15, 0.2) is 0 Å². The molecule has 4 nitrogen and oxygen atoms in total. The fourth-order valence-corrected chi connectivity index (χ4v) is 0.958. The number of azide groups is 1. The fraction of sp³-hybridized carbons (Fsp3) is 0.250. The lowest BCUT2D eigenvalue weighted by molar-refractivity contribution is 0.182. The lowest BCUT2D eigenvalue weighted by Crippen LogP contribution is -2.03. The predicted octanol–water partition coefficient (Wildman–Crippen LogP) is 2.17. The Labute approximate surface area is 74.3 Å². The van der Waals surface area contributed by atoms with E-state index in [4.69, 9.17) is 5.53 Å². The van der Waals surface area contributed by atoms with Crippen molar-refractivity contribution in [2.45, 2.75) is 6.10 Å². The molecular formula is C8H8FN3O. The molecule has 0 aliphatic carbocycles. The molecule has 0 amide bonds. The van der Waals surface area contributed by atoms with Crippen molar-refractivity contribution < 1.29 is 9.50 Å². The van der Waals surface area contributed by atoms with Gasteiger partial charge in [-0.15, -0.1) is 0 Å². The van der Waals surface area contributed by atoms with Gasteiger partial charge in [0.25, 0.3) is 0 Å². The van der Waals surface area contributed by atoms with E-state index >= 15 is 0 Å². The molecule has 1 aromatic carbocycles. The first-order valence-corrected chi connectivity index (χ1v) is 3.69. The standard InChI is InChI=1S/C8H8FN3O/c9-7-4-2-1-3-6(7)8(13)5-11-12-10/h1-4,8,13H,5H2. The molecule has 1 aromatic rings. The van der Waals surface area contributed by atoms with E-state index in [9.17, 15) is 9.50 Å². The summed E-state index contributed by atoms with van der Waals surface area (Å²) in [6, 6.07) is 5.83. The highest BCUT2D eigenvalue weighted by atomic mass is 19.1. The molecule has 1 rings (SSSR count). The molecule has 0 heterocycles. The topological polar surface area (TPSA) is 69.0 Å². The molecule has 0 bridgehead atoms. The normalized spacial score (nSPS) is 11.8. The number of benzene rings is 1. The average Bonchev–Trinajstić information content (AvgIpc) is 2.15. The van der Waals surface area contributed by atoms with Gasteiger partial charge in [0, 0.05) is 10.5 Å². The quantitative estimate of drug-likeness (QED) is 0.433. The van der Waals surface area contributed by atoms with E-state index in [1.165, 1.54) is 18.2 Å². The molecule has 1 N–H and O–H groups in total. The van der Waals surface area contributed by atoms with Crippen molar-refractivity contribution in [2.24, 2.45) is 5.11 Å². The highest BCUT2D eigenvalue weighted by molar-refractivity contribution is 5.19.